The summed E-state index contributed by atoms with van der Waals surface area (Å²) in [6.07, 6.45) is 0.652. The number of carbonyl (C=O) groups is 1. The van der Waals surface area contributed by atoms with Crippen LogP contribution in [0.15, 0.2) is 36.5 Å². The fraction of sp³-hybridized carbons (Fsp3) is 0.312. The van der Waals surface area contributed by atoms with E-state index < -0.39 is 6.10 Å². The van der Waals surface area contributed by atoms with Crippen LogP contribution in [0.5, 0.6) is 0 Å². The number of rotatable bonds is 3. The van der Waals surface area contributed by atoms with Gasteiger partial charge in [0.1, 0.15) is 17.5 Å². The number of nitriles is 1. The Balaban J connectivity index is 1.69. The maximum absolute atomic E-state index is 12.5. The minimum atomic E-state index is -0.638. The Morgan fingerprint density at radius 2 is 2.22 bits per heavy atom. The van der Waals surface area contributed by atoms with Crippen molar-refractivity contribution in [3.8, 4) is 6.07 Å². The molecule has 1 aliphatic rings. The molecule has 3 rings (SSSR count). The molecule has 1 fully saturated rings. The average Bonchev–Trinajstić information content (AvgIpc) is 2.96. The molecule has 1 atom stereocenters. The van der Waals surface area contributed by atoms with Gasteiger partial charge in [-0.3, -0.25) is 9.69 Å². The Morgan fingerprint density at radius 3 is 2.91 bits per heavy atom. The molecule has 2 heterocycles. The molecule has 2 aromatic rings. The molecule has 0 amide bonds. The van der Waals surface area contributed by atoms with E-state index in [0.29, 0.717) is 13.2 Å². The monoisotopic (exact) mass is 311 g/mol. The molecule has 1 aliphatic heterocycles. The van der Waals surface area contributed by atoms with Crippen LogP contribution in [0.1, 0.15) is 15.9 Å². The first-order chi connectivity index (χ1) is 11.2. The lowest BCUT2D eigenvalue weighted by molar-refractivity contribution is -0.0242. The van der Waals surface area contributed by atoms with Crippen molar-refractivity contribution >= 4 is 11.7 Å². The topological polar surface area (TPSA) is 97.2 Å². The summed E-state index contributed by atoms with van der Waals surface area (Å²) in [5.74, 6) is -0.289. The van der Waals surface area contributed by atoms with Gasteiger partial charge < -0.3 is 10.5 Å². The number of nitrogen functional groups attached to an aromatic ring is 1. The molecule has 1 unspecified atom stereocenters. The number of nitrogens with two attached hydrogens (primary N) is 1. The summed E-state index contributed by atoms with van der Waals surface area (Å²) in [5, 5.41) is 12.8. The standard InChI is InChI=1S/C16H17N5O2/c17-8-13-9-19-21(15(13)18)16(22)14-11-20(6-7-23-14)10-12-4-2-1-3-5-12/h1-5,9,14H,6-7,10-11,18H2. The van der Waals surface area contributed by atoms with E-state index in [4.69, 9.17) is 15.7 Å². The highest BCUT2D eigenvalue weighted by molar-refractivity contribution is 5.86. The first kappa shape index (κ1) is 15.2. The molecule has 7 nitrogen and oxygen atoms in total. The minimum absolute atomic E-state index is 0.0567. The molecular weight excluding hydrogens is 294 g/mol. The summed E-state index contributed by atoms with van der Waals surface area (Å²) in [6, 6.07) is 12.0. The smallest absolute Gasteiger partial charge is 0.279 e. The predicted octanol–water partition coefficient (Wildman–Crippen LogP) is 0.878. The highest BCUT2D eigenvalue weighted by atomic mass is 16.5. The lowest BCUT2D eigenvalue weighted by atomic mass is 10.2. The van der Waals surface area contributed by atoms with Gasteiger partial charge in [0.15, 0.2) is 6.10 Å². The van der Waals surface area contributed by atoms with Gasteiger partial charge in [-0.15, -0.1) is 0 Å². The zero-order valence-electron chi connectivity index (χ0n) is 12.6. The quantitative estimate of drug-likeness (QED) is 0.903. The van der Waals surface area contributed by atoms with Gasteiger partial charge in [0.2, 0.25) is 0 Å². The van der Waals surface area contributed by atoms with Gasteiger partial charge in [0, 0.05) is 19.6 Å². The Labute approximate surface area is 133 Å². The van der Waals surface area contributed by atoms with Crippen LogP contribution in [-0.4, -0.2) is 46.4 Å². The number of nitrogens with zero attached hydrogens (tertiary/aromatic N) is 4. The normalized spacial score (nSPS) is 18.5. The third-order valence-corrected chi connectivity index (χ3v) is 3.81. The van der Waals surface area contributed by atoms with Crippen LogP contribution in [0.4, 0.5) is 5.82 Å². The van der Waals surface area contributed by atoms with Gasteiger partial charge in [-0.1, -0.05) is 30.3 Å². The molecule has 1 saturated heterocycles. The maximum atomic E-state index is 12.5. The van der Waals surface area contributed by atoms with E-state index in [1.807, 2.05) is 24.3 Å². The van der Waals surface area contributed by atoms with Gasteiger partial charge in [-0.25, -0.2) is 0 Å². The van der Waals surface area contributed by atoms with Gasteiger partial charge in [0.05, 0.1) is 12.8 Å². The van der Waals surface area contributed by atoms with Gasteiger partial charge in [-0.05, 0) is 5.56 Å². The van der Waals surface area contributed by atoms with Crippen molar-refractivity contribution in [3.05, 3.63) is 47.7 Å². The van der Waals surface area contributed by atoms with Crippen LogP contribution in [0.25, 0.3) is 0 Å². The van der Waals surface area contributed by atoms with Crippen molar-refractivity contribution in [3.63, 3.8) is 0 Å². The van der Waals surface area contributed by atoms with E-state index in [1.165, 1.54) is 11.8 Å². The number of hydrogen-bond acceptors (Lipinski definition) is 6. The summed E-state index contributed by atoms with van der Waals surface area (Å²) in [4.78, 5) is 14.7. The molecule has 2 N–H and O–H groups in total. The largest absolute Gasteiger partial charge is 0.382 e. The van der Waals surface area contributed by atoms with Crippen molar-refractivity contribution in [1.29, 1.82) is 5.26 Å². The SMILES string of the molecule is N#Cc1cnn(C(=O)C2CN(Cc3ccccc3)CCO2)c1N. The Bertz CT molecular complexity index is 735. The number of morpholine rings is 1. The van der Waals surface area contributed by atoms with Crippen LogP contribution in [0, 0.1) is 11.3 Å². The van der Waals surface area contributed by atoms with Crippen LogP contribution >= 0.6 is 0 Å². The van der Waals surface area contributed by atoms with Crippen LogP contribution in [-0.2, 0) is 11.3 Å². The van der Waals surface area contributed by atoms with Crippen molar-refractivity contribution in [2.24, 2.45) is 0 Å². The van der Waals surface area contributed by atoms with Gasteiger partial charge in [-0.2, -0.15) is 15.0 Å². The Kier molecular flexibility index (Phi) is 4.37. The van der Waals surface area contributed by atoms with Gasteiger partial charge >= 0.3 is 0 Å². The minimum Gasteiger partial charge on any atom is -0.382 e. The third kappa shape index (κ3) is 3.23. The molecule has 0 spiro atoms. The summed E-state index contributed by atoms with van der Waals surface area (Å²) >= 11 is 0. The Hall–Kier alpha value is -2.69. The van der Waals surface area contributed by atoms with E-state index >= 15 is 0 Å². The number of benzene rings is 1. The lowest BCUT2D eigenvalue weighted by Gasteiger charge is -2.32. The lowest BCUT2D eigenvalue weighted by Crippen LogP contribution is -2.47. The molecule has 0 radical (unpaired) electrons. The van der Waals surface area contributed by atoms with Crippen molar-refractivity contribution in [2.75, 3.05) is 25.4 Å². The predicted molar refractivity (Wildman–Crippen MR) is 83.4 cm³/mol. The fourth-order valence-electron chi connectivity index (χ4n) is 2.59. The zero-order valence-corrected chi connectivity index (χ0v) is 12.6. The molecule has 0 saturated carbocycles. The first-order valence-corrected chi connectivity index (χ1v) is 7.34. The van der Waals surface area contributed by atoms with Crippen LogP contribution < -0.4 is 5.73 Å². The van der Waals surface area contributed by atoms with E-state index in [0.717, 1.165) is 17.8 Å². The van der Waals surface area contributed by atoms with Crippen LogP contribution in [0.3, 0.4) is 0 Å². The fourth-order valence-corrected chi connectivity index (χ4v) is 2.59. The molecule has 7 heteroatoms. The third-order valence-electron chi connectivity index (χ3n) is 3.81. The van der Waals surface area contributed by atoms with Crippen molar-refractivity contribution < 1.29 is 9.53 Å². The van der Waals surface area contributed by atoms with E-state index in [-0.39, 0.29) is 17.3 Å². The van der Waals surface area contributed by atoms with E-state index in [2.05, 4.69) is 22.1 Å². The number of anilines is 1. The molecule has 1 aromatic carbocycles. The van der Waals surface area contributed by atoms with E-state index in [1.54, 1.807) is 0 Å². The second-order valence-corrected chi connectivity index (χ2v) is 5.39. The van der Waals surface area contributed by atoms with Crippen LogP contribution in [0.2, 0.25) is 0 Å². The summed E-state index contributed by atoms with van der Waals surface area (Å²) in [6.45, 7) is 2.45. The zero-order chi connectivity index (χ0) is 16.2. The second kappa shape index (κ2) is 6.60. The maximum Gasteiger partial charge on any atom is 0.279 e. The average molecular weight is 311 g/mol. The molecule has 23 heavy (non-hydrogen) atoms. The highest BCUT2D eigenvalue weighted by Gasteiger charge is 2.29. The molecule has 118 valence electrons. The summed E-state index contributed by atoms with van der Waals surface area (Å²) < 4.78 is 6.62. The molecular formula is C16H17N5O2. The number of carbonyl (C=O) groups excluding carboxylic acids is 1. The number of aromatic nitrogens is 2. The number of ether oxygens (including phenoxy) is 1. The molecule has 0 bridgehead atoms. The molecule has 0 aliphatic carbocycles. The van der Waals surface area contributed by atoms with Gasteiger partial charge in [0.25, 0.3) is 5.91 Å². The molecule has 1 aromatic heterocycles. The second-order valence-electron chi connectivity index (χ2n) is 5.39. The number of hydrogen-bond donors (Lipinski definition) is 1. The summed E-state index contributed by atoms with van der Waals surface area (Å²) in [7, 11) is 0. The van der Waals surface area contributed by atoms with Crippen molar-refractivity contribution in [2.45, 2.75) is 12.6 Å². The highest BCUT2D eigenvalue weighted by Crippen LogP contribution is 2.15. The van der Waals surface area contributed by atoms with E-state index in [9.17, 15) is 4.79 Å². The van der Waals surface area contributed by atoms with Crippen molar-refractivity contribution in [1.82, 2.24) is 14.7 Å². The Morgan fingerprint density at radius 1 is 1.43 bits per heavy atom. The summed E-state index contributed by atoms with van der Waals surface area (Å²) in [5.41, 5.74) is 7.14. The first-order valence-electron chi connectivity index (χ1n) is 7.34.